The largest absolute Gasteiger partial charge is 0.331 e. The van der Waals surface area contributed by atoms with Gasteiger partial charge in [-0.3, -0.25) is 9.59 Å². The summed E-state index contributed by atoms with van der Waals surface area (Å²) >= 11 is 6.38. The lowest BCUT2D eigenvalue weighted by molar-refractivity contribution is -0.136. The Morgan fingerprint density at radius 2 is 1.77 bits per heavy atom. The molecule has 156 valence electrons. The molecule has 0 radical (unpaired) electrons. The molecule has 0 saturated heterocycles. The van der Waals surface area contributed by atoms with Crippen LogP contribution in [0.5, 0.6) is 0 Å². The second-order valence-corrected chi connectivity index (χ2v) is 7.57. The monoisotopic (exact) mass is 424 g/mol. The second kappa shape index (κ2) is 9.59. The summed E-state index contributed by atoms with van der Waals surface area (Å²) in [6.45, 7) is 5.54. The standard InChI is InChI=1S/C23H25ClN4O2/c1-4-23(30)27(16(2)3)15-22(29)25-21-14-19(17-10-6-5-7-11-17)26-28(21)20-13-9-8-12-18(20)24/h5-14,16H,4,15H2,1-3H3,(H,25,29). The van der Waals surface area contributed by atoms with Crippen molar-refractivity contribution < 1.29 is 9.59 Å². The average Bonchev–Trinajstić information content (AvgIpc) is 3.15. The second-order valence-electron chi connectivity index (χ2n) is 7.16. The highest BCUT2D eigenvalue weighted by atomic mass is 35.5. The van der Waals surface area contributed by atoms with Crippen LogP contribution in [0.2, 0.25) is 5.02 Å². The first kappa shape index (κ1) is 21.6. The predicted molar refractivity (Wildman–Crippen MR) is 120 cm³/mol. The molecule has 0 aliphatic rings. The molecule has 2 aromatic carbocycles. The van der Waals surface area contributed by atoms with E-state index in [4.69, 9.17) is 11.6 Å². The Morgan fingerprint density at radius 1 is 1.10 bits per heavy atom. The van der Waals surface area contributed by atoms with E-state index in [9.17, 15) is 9.59 Å². The van der Waals surface area contributed by atoms with Gasteiger partial charge in [0.1, 0.15) is 12.4 Å². The summed E-state index contributed by atoms with van der Waals surface area (Å²) in [6.07, 6.45) is 0.348. The number of rotatable bonds is 7. The molecule has 7 heteroatoms. The minimum Gasteiger partial charge on any atom is -0.331 e. The lowest BCUT2D eigenvalue weighted by Crippen LogP contribution is -2.42. The highest BCUT2D eigenvalue weighted by molar-refractivity contribution is 6.32. The number of benzene rings is 2. The van der Waals surface area contributed by atoms with Gasteiger partial charge in [-0.05, 0) is 26.0 Å². The molecular weight excluding hydrogens is 400 g/mol. The molecule has 0 aliphatic heterocycles. The molecule has 30 heavy (non-hydrogen) atoms. The van der Waals surface area contributed by atoms with Crippen molar-refractivity contribution in [1.29, 1.82) is 0 Å². The van der Waals surface area contributed by atoms with Gasteiger partial charge in [-0.2, -0.15) is 5.10 Å². The summed E-state index contributed by atoms with van der Waals surface area (Å²) in [5, 5.41) is 8.08. The summed E-state index contributed by atoms with van der Waals surface area (Å²) in [5.41, 5.74) is 2.28. The van der Waals surface area contributed by atoms with Crippen LogP contribution in [0, 0.1) is 0 Å². The average molecular weight is 425 g/mol. The maximum Gasteiger partial charge on any atom is 0.245 e. The van der Waals surface area contributed by atoms with Gasteiger partial charge in [0.05, 0.1) is 16.4 Å². The van der Waals surface area contributed by atoms with Gasteiger partial charge in [0, 0.05) is 24.1 Å². The molecule has 1 aromatic heterocycles. The van der Waals surface area contributed by atoms with Crippen molar-refractivity contribution in [2.45, 2.75) is 33.2 Å². The molecule has 0 saturated carbocycles. The number of anilines is 1. The number of nitrogens with one attached hydrogen (secondary N) is 1. The highest BCUT2D eigenvalue weighted by Gasteiger charge is 2.21. The topological polar surface area (TPSA) is 67.2 Å². The fraction of sp³-hybridized carbons (Fsp3) is 0.261. The third kappa shape index (κ3) is 4.89. The molecule has 2 amide bonds. The molecule has 0 fully saturated rings. The molecule has 3 aromatic rings. The number of carbonyl (C=O) groups is 2. The van der Waals surface area contributed by atoms with Crippen LogP contribution in [0.25, 0.3) is 16.9 Å². The lowest BCUT2D eigenvalue weighted by atomic mass is 10.1. The summed E-state index contributed by atoms with van der Waals surface area (Å²) < 4.78 is 1.62. The van der Waals surface area contributed by atoms with Gasteiger partial charge in [0.2, 0.25) is 11.8 Å². The molecule has 0 spiro atoms. The molecule has 1 N–H and O–H groups in total. The van der Waals surface area contributed by atoms with E-state index in [0.29, 0.717) is 28.6 Å². The van der Waals surface area contributed by atoms with E-state index in [1.807, 2.05) is 62.4 Å². The van der Waals surface area contributed by atoms with Crippen molar-refractivity contribution >= 4 is 29.2 Å². The van der Waals surface area contributed by atoms with E-state index < -0.39 is 0 Å². The zero-order valence-electron chi connectivity index (χ0n) is 17.3. The Labute approximate surface area is 181 Å². The molecular formula is C23H25ClN4O2. The SMILES string of the molecule is CCC(=O)N(CC(=O)Nc1cc(-c2ccccc2)nn1-c1ccccc1Cl)C(C)C. The van der Waals surface area contributed by atoms with Crippen LogP contribution in [0.3, 0.4) is 0 Å². The number of amides is 2. The Morgan fingerprint density at radius 3 is 2.40 bits per heavy atom. The molecule has 0 unspecified atom stereocenters. The Balaban J connectivity index is 1.95. The summed E-state index contributed by atoms with van der Waals surface area (Å²) in [6, 6.07) is 18.7. The van der Waals surface area contributed by atoms with E-state index >= 15 is 0 Å². The van der Waals surface area contributed by atoms with Crippen molar-refractivity contribution in [2.24, 2.45) is 0 Å². The van der Waals surface area contributed by atoms with Crippen LogP contribution in [-0.4, -0.2) is 39.1 Å². The number of hydrogen-bond acceptors (Lipinski definition) is 3. The Hall–Kier alpha value is -3.12. The van der Waals surface area contributed by atoms with Gasteiger partial charge < -0.3 is 10.2 Å². The smallest absolute Gasteiger partial charge is 0.245 e. The van der Waals surface area contributed by atoms with E-state index in [1.165, 1.54) is 0 Å². The van der Waals surface area contributed by atoms with Crippen LogP contribution < -0.4 is 5.32 Å². The van der Waals surface area contributed by atoms with Gasteiger partial charge >= 0.3 is 0 Å². The molecule has 3 rings (SSSR count). The van der Waals surface area contributed by atoms with Gasteiger partial charge in [-0.25, -0.2) is 4.68 Å². The van der Waals surface area contributed by atoms with Gasteiger partial charge in [0.25, 0.3) is 0 Å². The first-order valence-electron chi connectivity index (χ1n) is 9.90. The quantitative estimate of drug-likeness (QED) is 0.593. The van der Waals surface area contributed by atoms with E-state index in [1.54, 1.807) is 28.6 Å². The molecule has 0 aliphatic carbocycles. The first-order valence-corrected chi connectivity index (χ1v) is 10.3. The van der Waals surface area contributed by atoms with Gasteiger partial charge in [0.15, 0.2) is 0 Å². The highest BCUT2D eigenvalue weighted by Crippen LogP contribution is 2.28. The zero-order chi connectivity index (χ0) is 21.7. The molecule has 0 atom stereocenters. The Kier molecular flexibility index (Phi) is 6.90. The minimum atomic E-state index is -0.293. The fourth-order valence-electron chi connectivity index (χ4n) is 3.13. The fourth-order valence-corrected chi connectivity index (χ4v) is 3.34. The van der Waals surface area contributed by atoms with Crippen molar-refractivity contribution in [2.75, 3.05) is 11.9 Å². The normalized spacial score (nSPS) is 10.8. The lowest BCUT2D eigenvalue weighted by Gasteiger charge is -2.25. The van der Waals surface area contributed by atoms with E-state index in [2.05, 4.69) is 10.4 Å². The van der Waals surface area contributed by atoms with E-state index in [-0.39, 0.29) is 24.4 Å². The maximum absolute atomic E-state index is 12.8. The number of hydrogen-bond donors (Lipinski definition) is 1. The maximum atomic E-state index is 12.8. The summed E-state index contributed by atoms with van der Waals surface area (Å²) in [5.74, 6) is 0.127. The van der Waals surface area contributed by atoms with Crippen molar-refractivity contribution in [3.63, 3.8) is 0 Å². The van der Waals surface area contributed by atoms with Crippen LogP contribution >= 0.6 is 11.6 Å². The first-order chi connectivity index (χ1) is 14.4. The van der Waals surface area contributed by atoms with Crippen LogP contribution in [0.15, 0.2) is 60.7 Å². The van der Waals surface area contributed by atoms with Crippen LogP contribution in [0.1, 0.15) is 27.2 Å². The number of halogens is 1. The number of para-hydroxylation sites is 1. The summed E-state index contributed by atoms with van der Waals surface area (Å²) in [4.78, 5) is 26.5. The van der Waals surface area contributed by atoms with Crippen molar-refractivity contribution in [3.8, 4) is 16.9 Å². The van der Waals surface area contributed by atoms with Crippen molar-refractivity contribution in [3.05, 3.63) is 65.7 Å². The third-order valence-electron chi connectivity index (χ3n) is 4.69. The van der Waals surface area contributed by atoms with Crippen LogP contribution in [-0.2, 0) is 9.59 Å². The molecule has 0 bridgehead atoms. The van der Waals surface area contributed by atoms with Crippen LogP contribution in [0.4, 0.5) is 5.82 Å². The van der Waals surface area contributed by atoms with Gasteiger partial charge in [-0.15, -0.1) is 0 Å². The third-order valence-corrected chi connectivity index (χ3v) is 5.01. The molecule has 6 nitrogen and oxygen atoms in total. The van der Waals surface area contributed by atoms with Crippen molar-refractivity contribution in [1.82, 2.24) is 14.7 Å². The predicted octanol–water partition coefficient (Wildman–Crippen LogP) is 4.78. The summed E-state index contributed by atoms with van der Waals surface area (Å²) in [7, 11) is 0. The Bertz CT molecular complexity index is 1030. The number of carbonyl (C=O) groups excluding carboxylic acids is 2. The number of aromatic nitrogens is 2. The number of nitrogens with zero attached hydrogens (tertiary/aromatic N) is 3. The molecule has 1 heterocycles. The zero-order valence-corrected chi connectivity index (χ0v) is 18.1. The van der Waals surface area contributed by atoms with Gasteiger partial charge in [-0.1, -0.05) is 61.0 Å². The minimum absolute atomic E-state index is 0.0291. The van der Waals surface area contributed by atoms with E-state index in [0.717, 1.165) is 5.56 Å².